The largest absolute Gasteiger partial charge is 0.493 e. The van der Waals surface area contributed by atoms with Crippen molar-refractivity contribution in [2.75, 3.05) is 13.7 Å². The highest BCUT2D eigenvalue weighted by Gasteiger charge is 2.37. The minimum absolute atomic E-state index is 0.0315. The second-order valence-corrected chi connectivity index (χ2v) is 6.39. The summed E-state index contributed by atoms with van der Waals surface area (Å²) in [6.45, 7) is 4.04. The lowest BCUT2D eigenvalue weighted by Crippen LogP contribution is -2.50. The van der Waals surface area contributed by atoms with Crippen molar-refractivity contribution < 1.29 is 24.2 Å². The van der Waals surface area contributed by atoms with Crippen LogP contribution in [0.5, 0.6) is 11.5 Å². The van der Waals surface area contributed by atoms with Gasteiger partial charge < -0.3 is 24.0 Å². The second-order valence-electron chi connectivity index (χ2n) is 5.98. The highest BCUT2D eigenvalue weighted by atomic mass is 35.5. The smallest absolute Gasteiger partial charge is 0.328 e. The second kappa shape index (κ2) is 7.43. The van der Waals surface area contributed by atoms with Gasteiger partial charge in [-0.15, -0.1) is 10.2 Å². The molecule has 3 rings (SSSR count). The van der Waals surface area contributed by atoms with Gasteiger partial charge in [-0.1, -0.05) is 11.6 Å². The zero-order valence-electron chi connectivity index (χ0n) is 15.1. The molecule has 144 valence electrons. The molecular formula is C17H19ClN4O5. The topological polar surface area (TPSA) is 107 Å². The average molecular weight is 395 g/mol. The molecule has 0 radical (unpaired) electrons. The minimum atomic E-state index is -1.11. The minimum Gasteiger partial charge on any atom is -0.493 e. The lowest BCUT2D eigenvalue weighted by molar-refractivity contribution is -0.143. The Balaban J connectivity index is 1.99. The Morgan fingerprint density at radius 3 is 2.74 bits per heavy atom. The summed E-state index contributed by atoms with van der Waals surface area (Å²) in [5.74, 6) is 0.178. The lowest BCUT2D eigenvalue weighted by atomic mass is 10.1. The van der Waals surface area contributed by atoms with Crippen molar-refractivity contribution in [2.45, 2.75) is 33.0 Å². The number of methoxy groups -OCH3 is 1. The Morgan fingerprint density at radius 2 is 2.11 bits per heavy atom. The van der Waals surface area contributed by atoms with Crippen LogP contribution < -0.4 is 9.47 Å². The molecule has 0 bridgehead atoms. The Hall–Kier alpha value is -2.81. The van der Waals surface area contributed by atoms with Gasteiger partial charge in [0.1, 0.15) is 11.9 Å². The predicted molar refractivity (Wildman–Crippen MR) is 95.2 cm³/mol. The Kier molecular flexibility index (Phi) is 5.22. The van der Waals surface area contributed by atoms with Crippen LogP contribution in [0.25, 0.3) is 0 Å². The van der Waals surface area contributed by atoms with Gasteiger partial charge >= 0.3 is 5.97 Å². The van der Waals surface area contributed by atoms with Crippen LogP contribution in [-0.4, -0.2) is 56.4 Å². The van der Waals surface area contributed by atoms with E-state index >= 15 is 0 Å². The Bertz CT molecular complexity index is 898. The first-order valence-corrected chi connectivity index (χ1v) is 8.67. The van der Waals surface area contributed by atoms with E-state index < -0.39 is 17.9 Å². The molecule has 2 heterocycles. The van der Waals surface area contributed by atoms with Gasteiger partial charge in [-0.2, -0.15) is 0 Å². The molecule has 0 fully saturated rings. The fourth-order valence-corrected chi connectivity index (χ4v) is 3.30. The number of halogens is 1. The van der Waals surface area contributed by atoms with E-state index in [4.69, 9.17) is 21.1 Å². The number of carboxylic acids is 1. The van der Waals surface area contributed by atoms with E-state index in [1.165, 1.54) is 24.1 Å². The zero-order chi connectivity index (χ0) is 19.7. The van der Waals surface area contributed by atoms with E-state index in [9.17, 15) is 14.7 Å². The van der Waals surface area contributed by atoms with E-state index in [0.717, 1.165) is 0 Å². The number of carbonyl (C=O) groups excluding carboxylic acids is 1. The summed E-state index contributed by atoms with van der Waals surface area (Å²) < 4.78 is 12.4. The SMILES string of the molecule is CCOc1c(Cl)cc(C(=O)N2Cc3nnc(C)n3CC2C(=O)O)cc1OC. The predicted octanol–water partition coefficient (Wildman–Crippen LogP) is 1.76. The lowest BCUT2D eigenvalue weighted by Gasteiger charge is -2.33. The molecule has 1 aliphatic rings. The molecule has 1 N–H and O–H groups in total. The fourth-order valence-electron chi connectivity index (χ4n) is 3.03. The van der Waals surface area contributed by atoms with Crippen LogP contribution in [0.3, 0.4) is 0 Å². The number of carboxylic acid groups (broad SMARTS) is 1. The number of nitrogens with zero attached hydrogens (tertiary/aromatic N) is 4. The van der Waals surface area contributed by atoms with Crippen molar-refractivity contribution in [1.29, 1.82) is 0 Å². The van der Waals surface area contributed by atoms with Gasteiger partial charge in [-0.05, 0) is 26.0 Å². The third-order valence-electron chi connectivity index (χ3n) is 4.37. The Labute approximate surface area is 160 Å². The van der Waals surface area contributed by atoms with Crippen LogP contribution in [0.2, 0.25) is 5.02 Å². The first-order valence-electron chi connectivity index (χ1n) is 8.30. The molecule has 1 amide bonds. The number of benzene rings is 1. The summed E-state index contributed by atoms with van der Waals surface area (Å²) in [5.41, 5.74) is 0.205. The quantitative estimate of drug-likeness (QED) is 0.823. The van der Waals surface area contributed by atoms with Gasteiger partial charge in [0.2, 0.25) is 0 Å². The van der Waals surface area contributed by atoms with E-state index in [1.54, 1.807) is 18.4 Å². The van der Waals surface area contributed by atoms with E-state index in [-0.39, 0.29) is 23.7 Å². The summed E-state index contributed by atoms with van der Waals surface area (Å²) in [6, 6.07) is 1.89. The molecule has 1 unspecified atom stereocenters. The molecule has 27 heavy (non-hydrogen) atoms. The molecule has 0 aliphatic carbocycles. The molecule has 9 nitrogen and oxygen atoms in total. The number of amides is 1. The maximum atomic E-state index is 13.1. The van der Waals surface area contributed by atoms with Gasteiger partial charge in [-0.3, -0.25) is 4.79 Å². The zero-order valence-corrected chi connectivity index (χ0v) is 15.9. The number of hydrogen-bond acceptors (Lipinski definition) is 6. The van der Waals surface area contributed by atoms with Gasteiger partial charge in [0.25, 0.3) is 5.91 Å². The normalized spacial score (nSPS) is 16.0. The molecule has 1 aliphatic heterocycles. The molecule has 2 aromatic rings. The molecule has 0 saturated carbocycles. The van der Waals surface area contributed by atoms with Crippen LogP contribution in [0.1, 0.15) is 28.9 Å². The van der Waals surface area contributed by atoms with Crippen molar-refractivity contribution in [3.05, 3.63) is 34.4 Å². The van der Waals surface area contributed by atoms with Crippen molar-refractivity contribution in [3.8, 4) is 11.5 Å². The summed E-state index contributed by atoms with van der Waals surface area (Å²) in [5, 5.41) is 17.8. The van der Waals surface area contributed by atoms with E-state index in [0.29, 0.717) is 29.8 Å². The maximum Gasteiger partial charge on any atom is 0.328 e. The van der Waals surface area contributed by atoms with E-state index in [1.807, 2.05) is 0 Å². The number of aryl methyl sites for hydroxylation is 1. The van der Waals surface area contributed by atoms with Crippen molar-refractivity contribution >= 4 is 23.5 Å². The molecule has 10 heteroatoms. The van der Waals surface area contributed by atoms with Crippen molar-refractivity contribution in [3.63, 3.8) is 0 Å². The van der Waals surface area contributed by atoms with Crippen molar-refractivity contribution in [1.82, 2.24) is 19.7 Å². The third-order valence-corrected chi connectivity index (χ3v) is 4.65. The first-order chi connectivity index (χ1) is 12.9. The van der Waals surface area contributed by atoms with Crippen LogP contribution in [0, 0.1) is 6.92 Å². The molecular weight excluding hydrogens is 376 g/mol. The van der Waals surface area contributed by atoms with Crippen LogP contribution in [-0.2, 0) is 17.9 Å². The molecule has 1 aromatic carbocycles. The van der Waals surface area contributed by atoms with Crippen LogP contribution in [0.15, 0.2) is 12.1 Å². The van der Waals surface area contributed by atoms with E-state index in [2.05, 4.69) is 10.2 Å². The summed E-state index contributed by atoms with van der Waals surface area (Å²) in [7, 11) is 1.44. The monoisotopic (exact) mass is 394 g/mol. The average Bonchev–Trinajstić information content (AvgIpc) is 3.01. The summed E-state index contributed by atoms with van der Waals surface area (Å²) >= 11 is 6.24. The maximum absolute atomic E-state index is 13.1. The number of carbonyl (C=O) groups is 2. The van der Waals surface area contributed by atoms with Gasteiger partial charge in [0.15, 0.2) is 17.3 Å². The standard InChI is InChI=1S/C17H19ClN4O5/c1-4-27-15-11(18)5-10(6-13(15)26-3)16(23)22-8-14-20-19-9(2)21(14)7-12(22)17(24)25/h5-6,12H,4,7-8H2,1-3H3,(H,24,25). The number of aliphatic carboxylic acids is 1. The molecule has 0 saturated heterocycles. The van der Waals surface area contributed by atoms with Crippen molar-refractivity contribution in [2.24, 2.45) is 0 Å². The van der Waals surface area contributed by atoms with Gasteiger partial charge in [0, 0.05) is 5.56 Å². The number of hydrogen-bond donors (Lipinski definition) is 1. The number of ether oxygens (including phenoxy) is 2. The summed E-state index contributed by atoms with van der Waals surface area (Å²) in [6.07, 6.45) is 0. The highest BCUT2D eigenvalue weighted by molar-refractivity contribution is 6.32. The molecule has 1 aromatic heterocycles. The Morgan fingerprint density at radius 1 is 1.37 bits per heavy atom. The fraction of sp³-hybridized carbons (Fsp3) is 0.412. The van der Waals surface area contributed by atoms with Gasteiger partial charge in [-0.25, -0.2) is 4.79 Å². The molecule has 1 atom stereocenters. The summed E-state index contributed by atoms with van der Waals surface area (Å²) in [4.78, 5) is 26.1. The number of fused-ring (bicyclic) bond motifs is 1. The molecule has 0 spiro atoms. The highest BCUT2D eigenvalue weighted by Crippen LogP contribution is 2.37. The number of aromatic nitrogens is 3. The van der Waals surface area contributed by atoms with Crippen LogP contribution in [0.4, 0.5) is 0 Å². The van der Waals surface area contributed by atoms with Crippen LogP contribution >= 0.6 is 11.6 Å². The number of rotatable bonds is 5. The first kappa shape index (κ1) is 19.0. The third kappa shape index (κ3) is 3.42. The van der Waals surface area contributed by atoms with Gasteiger partial charge in [0.05, 0.1) is 31.8 Å².